The molecule has 1 rings (SSSR count). The molecule has 108 valence electrons. The first-order valence-electron chi connectivity index (χ1n) is 7.04. The number of guanidine groups is 1. The summed E-state index contributed by atoms with van der Waals surface area (Å²) in [7, 11) is 1.82. The van der Waals surface area contributed by atoms with Crippen molar-refractivity contribution in [2.45, 2.75) is 46.5 Å². The number of aryl methyl sites for hydroxylation is 2. The van der Waals surface area contributed by atoms with Crippen LogP contribution in [0.4, 0.5) is 0 Å². The topological polar surface area (TPSA) is 49.3 Å². The van der Waals surface area contributed by atoms with Crippen LogP contribution in [0.25, 0.3) is 0 Å². The first-order chi connectivity index (χ1) is 9.17. The molecule has 4 nitrogen and oxygen atoms in total. The molecule has 0 aromatic carbocycles. The van der Waals surface area contributed by atoms with E-state index in [2.05, 4.69) is 41.4 Å². The van der Waals surface area contributed by atoms with Gasteiger partial charge in [0.25, 0.3) is 0 Å². The highest BCUT2D eigenvalue weighted by molar-refractivity contribution is 7.11. The van der Waals surface area contributed by atoms with Gasteiger partial charge in [0.1, 0.15) is 0 Å². The molecule has 0 saturated heterocycles. The minimum atomic E-state index is 0.898. The Morgan fingerprint density at radius 2 is 1.95 bits per heavy atom. The summed E-state index contributed by atoms with van der Waals surface area (Å²) in [6.07, 6.45) is 4.72. The summed E-state index contributed by atoms with van der Waals surface area (Å²) in [6.45, 7) is 8.24. The van der Waals surface area contributed by atoms with Gasteiger partial charge >= 0.3 is 0 Å². The second-order valence-corrected chi connectivity index (χ2v) is 5.91. The van der Waals surface area contributed by atoms with Crippen molar-refractivity contribution in [1.82, 2.24) is 15.6 Å². The van der Waals surface area contributed by atoms with Gasteiger partial charge in [-0.1, -0.05) is 19.8 Å². The smallest absolute Gasteiger partial charge is 0.190 e. The molecule has 0 saturated carbocycles. The predicted molar refractivity (Wildman–Crippen MR) is 84.2 cm³/mol. The van der Waals surface area contributed by atoms with Gasteiger partial charge < -0.3 is 10.6 Å². The van der Waals surface area contributed by atoms with E-state index in [0.29, 0.717) is 0 Å². The van der Waals surface area contributed by atoms with Crippen LogP contribution in [0, 0.1) is 13.8 Å². The van der Waals surface area contributed by atoms with E-state index in [1.165, 1.54) is 24.1 Å². The van der Waals surface area contributed by atoms with Gasteiger partial charge in [-0.15, -0.1) is 11.3 Å². The van der Waals surface area contributed by atoms with Gasteiger partial charge in [-0.25, -0.2) is 4.98 Å². The number of aromatic nitrogens is 1. The Labute approximate surface area is 120 Å². The fourth-order valence-electron chi connectivity index (χ4n) is 1.90. The molecule has 0 aliphatic carbocycles. The Hall–Kier alpha value is -1.10. The van der Waals surface area contributed by atoms with Crippen LogP contribution in [0.3, 0.4) is 0 Å². The van der Waals surface area contributed by atoms with Crippen LogP contribution in [0.5, 0.6) is 0 Å². The molecule has 0 aliphatic heterocycles. The summed E-state index contributed by atoms with van der Waals surface area (Å²) in [5.74, 6) is 0.898. The van der Waals surface area contributed by atoms with Gasteiger partial charge in [0.2, 0.25) is 0 Å². The van der Waals surface area contributed by atoms with Gasteiger partial charge in [-0.3, -0.25) is 4.99 Å². The summed E-state index contributed by atoms with van der Waals surface area (Å²) < 4.78 is 0. The van der Waals surface area contributed by atoms with E-state index in [9.17, 15) is 0 Å². The van der Waals surface area contributed by atoms with E-state index in [-0.39, 0.29) is 0 Å². The molecule has 0 spiro atoms. The number of hydrogen-bond donors (Lipinski definition) is 2. The van der Waals surface area contributed by atoms with Crippen molar-refractivity contribution in [1.29, 1.82) is 0 Å². The molecule has 19 heavy (non-hydrogen) atoms. The maximum atomic E-state index is 4.44. The third kappa shape index (κ3) is 6.05. The van der Waals surface area contributed by atoms with Crippen LogP contribution >= 0.6 is 11.3 Å². The molecule has 0 bridgehead atoms. The van der Waals surface area contributed by atoms with Crippen LogP contribution in [-0.4, -0.2) is 31.1 Å². The maximum Gasteiger partial charge on any atom is 0.190 e. The normalized spacial score (nSPS) is 11.7. The number of rotatable bonds is 7. The highest BCUT2D eigenvalue weighted by Gasteiger charge is 2.04. The van der Waals surface area contributed by atoms with E-state index in [1.54, 1.807) is 11.3 Å². The fourth-order valence-corrected chi connectivity index (χ4v) is 2.84. The lowest BCUT2D eigenvalue weighted by Gasteiger charge is -2.11. The number of unbranched alkanes of at least 4 members (excludes halogenated alkanes) is 2. The van der Waals surface area contributed by atoms with Gasteiger partial charge in [-0.05, 0) is 20.3 Å². The second-order valence-electron chi connectivity index (χ2n) is 4.62. The van der Waals surface area contributed by atoms with Gasteiger partial charge in [0.15, 0.2) is 5.96 Å². The van der Waals surface area contributed by atoms with Crippen LogP contribution in [-0.2, 0) is 6.42 Å². The zero-order valence-corrected chi connectivity index (χ0v) is 13.4. The SMILES string of the molecule is CCCCCNC(=NC)NCCc1sc(C)nc1C. The number of aliphatic imine (C=N–C) groups is 1. The van der Waals surface area contributed by atoms with Gasteiger partial charge in [0.05, 0.1) is 10.7 Å². The molecular weight excluding hydrogens is 256 g/mol. The predicted octanol–water partition coefficient (Wildman–Crippen LogP) is 2.66. The molecule has 0 fully saturated rings. The molecule has 2 N–H and O–H groups in total. The Balaban J connectivity index is 2.24. The minimum Gasteiger partial charge on any atom is -0.356 e. The average molecular weight is 282 g/mol. The molecular formula is C14H26N4S. The lowest BCUT2D eigenvalue weighted by molar-refractivity contribution is 0.682. The van der Waals surface area contributed by atoms with Crippen molar-refractivity contribution >= 4 is 17.3 Å². The molecule has 1 aromatic rings. The van der Waals surface area contributed by atoms with E-state index >= 15 is 0 Å². The van der Waals surface area contributed by atoms with E-state index in [4.69, 9.17) is 0 Å². The summed E-state index contributed by atoms with van der Waals surface area (Å²) in [5, 5.41) is 7.83. The quantitative estimate of drug-likeness (QED) is 0.459. The second kappa shape index (κ2) is 8.91. The van der Waals surface area contributed by atoms with Gasteiger partial charge in [0, 0.05) is 31.4 Å². The van der Waals surface area contributed by atoms with E-state index < -0.39 is 0 Å². The van der Waals surface area contributed by atoms with Crippen LogP contribution in [0.2, 0.25) is 0 Å². The first-order valence-corrected chi connectivity index (χ1v) is 7.86. The van der Waals surface area contributed by atoms with Crippen LogP contribution in [0.1, 0.15) is 41.8 Å². The number of nitrogens with one attached hydrogen (secondary N) is 2. The molecule has 1 heterocycles. The zero-order chi connectivity index (χ0) is 14.1. The molecule has 5 heteroatoms. The monoisotopic (exact) mass is 282 g/mol. The molecule has 0 aliphatic rings. The first kappa shape index (κ1) is 16.0. The number of nitrogens with zero attached hydrogens (tertiary/aromatic N) is 2. The standard InChI is InChI=1S/C14H26N4S/c1-5-6-7-9-16-14(15-4)17-10-8-13-11(2)18-12(3)19-13/h5-10H2,1-4H3,(H2,15,16,17). The Bertz CT molecular complexity index is 398. The van der Waals surface area contributed by atoms with Crippen LogP contribution in [0.15, 0.2) is 4.99 Å². The molecule has 0 radical (unpaired) electrons. The van der Waals surface area contributed by atoms with E-state index in [1.807, 2.05) is 7.05 Å². The highest BCUT2D eigenvalue weighted by atomic mass is 32.1. The lowest BCUT2D eigenvalue weighted by atomic mass is 10.2. The third-order valence-electron chi connectivity index (χ3n) is 2.94. The summed E-state index contributed by atoms with van der Waals surface area (Å²) in [5.41, 5.74) is 1.16. The largest absolute Gasteiger partial charge is 0.356 e. The van der Waals surface area contributed by atoms with Crippen molar-refractivity contribution in [2.24, 2.45) is 4.99 Å². The molecule has 0 unspecified atom stereocenters. The summed E-state index contributed by atoms with van der Waals surface area (Å²) in [4.78, 5) is 10.0. The minimum absolute atomic E-state index is 0.898. The van der Waals surface area contributed by atoms with Gasteiger partial charge in [-0.2, -0.15) is 0 Å². The third-order valence-corrected chi connectivity index (χ3v) is 4.07. The van der Waals surface area contributed by atoms with Crippen molar-refractivity contribution in [3.63, 3.8) is 0 Å². The summed E-state index contributed by atoms with van der Waals surface area (Å²) >= 11 is 1.79. The van der Waals surface area contributed by atoms with E-state index in [0.717, 1.165) is 36.2 Å². The Morgan fingerprint density at radius 3 is 2.53 bits per heavy atom. The molecule has 0 atom stereocenters. The van der Waals surface area contributed by atoms with Crippen molar-refractivity contribution in [3.8, 4) is 0 Å². The molecule has 1 aromatic heterocycles. The highest BCUT2D eigenvalue weighted by Crippen LogP contribution is 2.16. The molecule has 0 amide bonds. The zero-order valence-electron chi connectivity index (χ0n) is 12.5. The Kier molecular flexibility index (Phi) is 7.48. The van der Waals surface area contributed by atoms with Crippen molar-refractivity contribution < 1.29 is 0 Å². The number of thiazole rings is 1. The van der Waals surface area contributed by atoms with Crippen molar-refractivity contribution in [2.75, 3.05) is 20.1 Å². The van der Waals surface area contributed by atoms with Crippen molar-refractivity contribution in [3.05, 3.63) is 15.6 Å². The summed E-state index contributed by atoms with van der Waals surface area (Å²) in [6, 6.07) is 0. The fraction of sp³-hybridized carbons (Fsp3) is 0.714. The maximum absolute atomic E-state index is 4.44. The lowest BCUT2D eigenvalue weighted by Crippen LogP contribution is -2.38. The average Bonchev–Trinajstić information content (AvgIpc) is 2.71. The number of hydrogen-bond acceptors (Lipinski definition) is 3. The van der Waals surface area contributed by atoms with Crippen LogP contribution < -0.4 is 10.6 Å². The Morgan fingerprint density at radius 1 is 1.21 bits per heavy atom.